The van der Waals surface area contributed by atoms with Crippen LogP contribution in [0.5, 0.6) is 0 Å². The maximum Gasteiger partial charge on any atom is 0.414 e. The number of hydrogen-bond acceptors (Lipinski definition) is 6. The summed E-state index contributed by atoms with van der Waals surface area (Å²) in [7, 11) is 0. The normalized spacial score (nSPS) is 23.5. The van der Waals surface area contributed by atoms with Gasteiger partial charge in [-0.3, -0.25) is 14.6 Å². The van der Waals surface area contributed by atoms with Crippen LogP contribution in [-0.2, 0) is 9.53 Å². The first-order chi connectivity index (χ1) is 14.5. The Morgan fingerprint density at radius 3 is 2.63 bits per heavy atom. The van der Waals surface area contributed by atoms with Gasteiger partial charge in [0.25, 0.3) is 0 Å². The Bertz CT molecular complexity index is 778. The summed E-state index contributed by atoms with van der Waals surface area (Å²) in [6.45, 7) is 7.57. The average Bonchev–Trinajstić information content (AvgIpc) is 3.13. The third-order valence-corrected chi connectivity index (χ3v) is 6.18. The van der Waals surface area contributed by atoms with Crippen molar-refractivity contribution in [3.63, 3.8) is 0 Å². The number of benzene rings is 1. The molecule has 3 aliphatic rings. The summed E-state index contributed by atoms with van der Waals surface area (Å²) in [5.41, 5.74) is 1.05. The van der Waals surface area contributed by atoms with Crippen molar-refractivity contribution in [3.8, 4) is 0 Å². The zero-order valence-corrected chi connectivity index (χ0v) is 17.4. The zero-order chi connectivity index (χ0) is 21.1. The molecule has 164 valence electrons. The number of piperazine rings is 1. The maximum atomic E-state index is 14.9. The van der Waals surface area contributed by atoms with Gasteiger partial charge >= 0.3 is 6.09 Å². The van der Waals surface area contributed by atoms with E-state index in [-0.39, 0.29) is 24.8 Å². The van der Waals surface area contributed by atoms with Gasteiger partial charge in [-0.2, -0.15) is 0 Å². The van der Waals surface area contributed by atoms with E-state index in [9.17, 15) is 14.0 Å². The molecular weight excluding hydrogens is 389 g/mol. The van der Waals surface area contributed by atoms with Crippen molar-refractivity contribution in [1.82, 2.24) is 15.5 Å². The van der Waals surface area contributed by atoms with Crippen LogP contribution in [0.15, 0.2) is 18.2 Å². The van der Waals surface area contributed by atoms with Crippen molar-refractivity contribution in [3.05, 3.63) is 24.0 Å². The van der Waals surface area contributed by atoms with E-state index in [1.807, 2.05) is 0 Å². The van der Waals surface area contributed by atoms with Gasteiger partial charge in [-0.1, -0.05) is 0 Å². The largest absolute Gasteiger partial charge is 0.442 e. The summed E-state index contributed by atoms with van der Waals surface area (Å²) < 4.78 is 20.2. The van der Waals surface area contributed by atoms with E-state index in [0.29, 0.717) is 17.4 Å². The highest BCUT2D eigenvalue weighted by molar-refractivity contribution is 5.90. The molecule has 1 aromatic carbocycles. The van der Waals surface area contributed by atoms with Gasteiger partial charge in [-0.25, -0.2) is 9.18 Å². The topological polar surface area (TPSA) is 77.2 Å². The molecule has 3 fully saturated rings. The van der Waals surface area contributed by atoms with Crippen LogP contribution in [0.2, 0.25) is 0 Å². The highest BCUT2D eigenvalue weighted by Gasteiger charge is 2.33. The lowest BCUT2D eigenvalue weighted by molar-refractivity contribution is -0.119. The van der Waals surface area contributed by atoms with Crippen LogP contribution in [0.3, 0.4) is 0 Å². The van der Waals surface area contributed by atoms with Crippen LogP contribution in [-0.4, -0.2) is 81.4 Å². The van der Waals surface area contributed by atoms with Gasteiger partial charge in [0.05, 0.1) is 24.5 Å². The van der Waals surface area contributed by atoms with Crippen molar-refractivity contribution in [1.29, 1.82) is 0 Å². The number of cyclic esters (lactones) is 1. The molecule has 0 aliphatic carbocycles. The molecule has 0 saturated carbocycles. The molecule has 0 bridgehead atoms. The molecule has 2 N–H and O–H groups in total. The monoisotopic (exact) mass is 419 g/mol. The minimum absolute atomic E-state index is 0.180. The molecule has 4 rings (SSSR count). The summed E-state index contributed by atoms with van der Waals surface area (Å²) in [6.07, 6.45) is 1.40. The van der Waals surface area contributed by atoms with Crippen LogP contribution in [0, 0.1) is 5.82 Å². The molecule has 3 aliphatic heterocycles. The van der Waals surface area contributed by atoms with E-state index in [4.69, 9.17) is 4.74 Å². The summed E-state index contributed by atoms with van der Waals surface area (Å²) in [5.74, 6) is -0.513. The summed E-state index contributed by atoms with van der Waals surface area (Å²) in [6, 6.07) is 5.54. The van der Waals surface area contributed by atoms with Gasteiger partial charge in [-0.15, -0.1) is 0 Å². The first kappa shape index (κ1) is 20.9. The van der Waals surface area contributed by atoms with E-state index in [0.717, 1.165) is 39.3 Å². The van der Waals surface area contributed by atoms with Gasteiger partial charge in [0, 0.05) is 39.1 Å². The highest BCUT2D eigenvalue weighted by Crippen LogP contribution is 2.29. The number of rotatable bonds is 5. The zero-order valence-electron chi connectivity index (χ0n) is 17.4. The van der Waals surface area contributed by atoms with E-state index in [1.165, 1.54) is 30.7 Å². The molecule has 3 saturated heterocycles. The minimum atomic E-state index is -0.520. The number of halogens is 1. The molecule has 1 aromatic rings. The lowest BCUT2D eigenvalue weighted by atomic mass is 10.0. The van der Waals surface area contributed by atoms with Gasteiger partial charge in [0.1, 0.15) is 11.9 Å². The van der Waals surface area contributed by atoms with Gasteiger partial charge in [0.15, 0.2) is 0 Å². The lowest BCUT2D eigenvalue weighted by Gasteiger charge is -2.41. The number of ether oxygens (including phenoxy) is 1. The summed E-state index contributed by atoms with van der Waals surface area (Å²) in [5, 5.41) is 6.04. The molecule has 0 unspecified atom stereocenters. The van der Waals surface area contributed by atoms with E-state index in [2.05, 4.69) is 20.4 Å². The second-order valence-corrected chi connectivity index (χ2v) is 8.19. The van der Waals surface area contributed by atoms with E-state index >= 15 is 0 Å². The first-order valence-corrected chi connectivity index (χ1v) is 10.7. The third kappa shape index (κ3) is 4.67. The van der Waals surface area contributed by atoms with Crippen LogP contribution in [0.4, 0.5) is 20.6 Å². The Hall–Kier alpha value is -2.39. The molecule has 8 nitrogen and oxygen atoms in total. The number of amides is 2. The fourth-order valence-corrected chi connectivity index (χ4v) is 4.52. The van der Waals surface area contributed by atoms with Gasteiger partial charge < -0.3 is 20.3 Å². The predicted octanol–water partition coefficient (Wildman–Crippen LogP) is 1.16. The first-order valence-electron chi connectivity index (χ1n) is 10.7. The fourth-order valence-electron chi connectivity index (χ4n) is 4.52. The van der Waals surface area contributed by atoms with Crippen molar-refractivity contribution < 1.29 is 18.7 Å². The number of piperidine rings is 1. The molecule has 2 amide bonds. The molecule has 3 heterocycles. The van der Waals surface area contributed by atoms with Gasteiger partial charge in [-0.05, 0) is 44.1 Å². The minimum Gasteiger partial charge on any atom is -0.442 e. The van der Waals surface area contributed by atoms with Crippen molar-refractivity contribution in [2.45, 2.75) is 31.9 Å². The van der Waals surface area contributed by atoms with Crippen molar-refractivity contribution in [2.24, 2.45) is 0 Å². The predicted molar refractivity (Wildman–Crippen MR) is 112 cm³/mol. The molecule has 30 heavy (non-hydrogen) atoms. The maximum absolute atomic E-state index is 14.9. The van der Waals surface area contributed by atoms with Crippen molar-refractivity contribution in [2.75, 3.05) is 62.2 Å². The standard InChI is InChI=1S/C21H30FN5O3/c1-15(28)24-13-18-14-27(21(29)30-18)17-2-3-20(19(22)12-17)26-10-8-25(9-11-26)16-4-6-23-7-5-16/h2-3,12,16,18,23H,4-11,13-14H2,1H3,(H,24,28)/t18-/m0/s1. The summed E-state index contributed by atoms with van der Waals surface area (Å²) >= 11 is 0. The molecule has 0 radical (unpaired) electrons. The van der Waals surface area contributed by atoms with E-state index in [1.54, 1.807) is 12.1 Å². The van der Waals surface area contributed by atoms with Crippen LogP contribution in [0.1, 0.15) is 19.8 Å². The Balaban J connectivity index is 1.35. The Morgan fingerprint density at radius 2 is 1.97 bits per heavy atom. The van der Waals surface area contributed by atoms with Crippen LogP contribution < -0.4 is 20.4 Å². The third-order valence-electron chi connectivity index (χ3n) is 6.18. The Kier molecular flexibility index (Phi) is 6.38. The summed E-state index contributed by atoms with van der Waals surface area (Å²) in [4.78, 5) is 29.2. The number of anilines is 2. The number of carbonyl (C=O) groups is 2. The fraction of sp³-hybridized carbons (Fsp3) is 0.619. The molecular formula is C21H30FN5O3. The second-order valence-electron chi connectivity index (χ2n) is 8.19. The Morgan fingerprint density at radius 1 is 1.23 bits per heavy atom. The number of hydrogen-bond donors (Lipinski definition) is 2. The SMILES string of the molecule is CC(=O)NC[C@H]1CN(c2ccc(N3CCN(C4CCNCC4)CC3)c(F)c2)C(=O)O1. The smallest absolute Gasteiger partial charge is 0.414 e. The lowest BCUT2D eigenvalue weighted by Crippen LogP contribution is -2.53. The van der Waals surface area contributed by atoms with Crippen LogP contribution >= 0.6 is 0 Å². The molecule has 9 heteroatoms. The number of carbonyl (C=O) groups excluding carboxylic acids is 2. The number of nitrogens with zero attached hydrogens (tertiary/aromatic N) is 3. The second kappa shape index (κ2) is 9.18. The molecule has 0 spiro atoms. The molecule has 1 atom stereocenters. The Labute approximate surface area is 176 Å². The number of nitrogens with one attached hydrogen (secondary N) is 2. The van der Waals surface area contributed by atoms with Gasteiger partial charge in [0.2, 0.25) is 5.91 Å². The van der Waals surface area contributed by atoms with Crippen LogP contribution in [0.25, 0.3) is 0 Å². The molecule has 0 aromatic heterocycles. The van der Waals surface area contributed by atoms with E-state index < -0.39 is 12.2 Å². The van der Waals surface area contributed by atoms with Crippen molar-refractivity contribution >= 4 is 23.4 Å². The average molecular weight is 420 g/mol. The highest BCUT2D eigenvalue weighted by atomic mass is 19.1. The quantitative estimate of drug-likeness (QED) is 0.746.